The molecule has 7 nitrogen and oxygen atoms in total. The summed E-state index contributed by atoms with van der Waals surface area (Å²) < 4.78 is 0. The first-order chi connectivity index (χ1) is 8.40. The number of aliphatic carboxylic acids is 1. The molecule has 96 valence electrons. The minimum atomic E-state index is -1.10. The third kappa shape index (κ3) is 3.78. The van der Waals surface area contributed by atoms with Crippen LogP contribution in [-0.2, 0) is 4.79 Å². The average molecular weight is 251 g/mol. The summed E-state index contributed by atoms with van der Waals surface area (Å²) in [6, 6.07) is 5.40. The highest BCUT2D eigenvalue weighted by Gasteiger charge is 2.11. The molecule has 3 amide bonds. The van der Waals surface area contributed by atoms with Gasteiger partial charge in [0.05, 0.1) is 0 Å². The minimum Gasteiger partial charge on any atom is -0.480 e. The van der Waals surface area contributed by atoms with Gasteiger partial charge in [0, 0.05) is 18.3 Å². The molecule has 0 aromatic heterocycles. The number of benzene rings is 1. The standard InChI is InChI=1S/C11H13N3O4/c1-14(6-9(15)16)11(18)13-8-4-2-7(3-5-8)10(12)17/h2-5H,6H2,1H3,(H2,12,17)(H,13,18)(H,15,16). The number of carboxylic acid groups (broad SMARTS) is 1. The van der Waals surface area contributed by atoms with E-state index in [0.717, 1.165) is 4.90 Å². The molecule has 0 unspecified atom stereocenters. The van der Waals surface area contributed by atoms with Crippen LogP contribution >= 0.6 is 0 Å². The summed E-state index contributed by atoms with van der Waals surface area (Å²) in [5.41, 5.74) is 5.84. The van der Waals surface area contributed by atoms with Gasteiger partial charge < -0.3 is 21.1 Å². The molecule has 0 aliphatic rings. The third-order valence-electron chi connectivity index (χ3n) is 2.14. The fraction of sp³-hybridized carbons (Fsp3) is 0.182. The first-order valence-corrected chi connectivity index (χ1v) is 5.04. The van der Waals surface area contributed by atoms with E-state index in [1.807, 2.05) is 0 Å². The maximum atomic E-state index is 11.5. The van der Waals surface area contributed by atoms with Crippen molar-refractivity contribution < 1.29 is 19.5 Å². The van der Waals surface area contributed by atoms with Gasteiger partial charge in [-0.05, 0) is 24.3 Å². The first kappa shape index (κ1) is 13.5. The van der Waals surface area contributed by atoms with Crippen LogP contribution in [0.25, 0.3) is 0 Å². The Morgan fingerprint density at radius 2 is 1.83 bits per heavy atom. The number of likely N-dealkylation sites (N-methyl/N-ethyl adjacent to an activating group) is 1. The molecule has 18 heavy (non-hydrogen) atoms. The van der Waals surface area contributed by atoms with Gasteiger partial charge in [0.25, 0.3) is 0 Å². The Morgan fingerprint density at radius 3 is 2.28 bits per heavy atom. The lowest BCUT2D eigenvalue weighted by Crippen LogP contribution is -2.35. The number of nitrogens with one attached hydrogen (secondary N) is 1. The van der Waals surface area contributed by atoms with Gasteiger partial charge in [0.1, 0.15) is 6.54 Å². The van der Waals surface area contributed by atoms with Crippen LogP contribution in [0.2, 0.25) is 0 Å². The van der Waals surface area contributed by atoms with Crippen LogP contribution < -0.4 is 11.1 Å². The van der Waals surface area contributed by atoms with Gasteiger partial charge in [-0.25, -0.2) is 4.79 Å². The van der Waals surface area contributed by atoms with Crippen molar-refractivity contribution in [1.29, 1.82) is 0 Å². The number of carboxylic acids is 1. The van der Waals surface area contributed by atoms with Gasteiger partial charge in [-0.3, -0.25) is 9.59 Å². The lowest BCUT2D eigenvalue weighted by atomic mass is 10.2. The Morgan fingerprint density at radius 1 is 1.28 bits per heavy atom. The topological polar surface area (TPSA) is 113 Å². The van der Waals surface area contributed by atoms with Crippen molar-refractivity contribution in [3.05, 3.63) is 29.8 Å². The SMILES string of the molecule is CN(CC(=O)O)C(=O)Nc1ccc(C(N)=O)cc1. The molecular formula is C11H13N3O4. The second kappa shape index (κ2) is 5.67. The van der Waals surface area contributed by atoms with E-state index >= 15 is 0 Å². The second-order valence-corrected chi connectivity index (χ2v) is 3.62. The number of primary amides is 1. The van der Waals surface area contributed by atoms with Gasteiger partial charge in [-0.2, -0.15) is 0 Å². The smallest absolute Gasteiger partial charge is 0.323 e. The molecule has 0 bridgehead atoms. The van der Waals surface area contributed by atoms with Crippen LogP contribution in [0.3, 0.4) is 0 Å². The Hall–Kier alpha value is -2.57. The highest BCUT2D eigenvalue weighted by molar-refractivity contribution is 5.94. The van der Waals surface area contributed by atoms with E-state index in [1.165, 1.54) is 31.3 Å². The number of anilines is 1. The average Bonchev–Trinajstić information content (AvgIpc) is 2.28. The summed E-state index contributed by atoms with van der Waals surface area (Å²) in [5, 5.41) is 11.0. The molecule has 7 heteroatoms. The Labute approximate surface area is 103 Å². The van der Waals surface area contributed by atoms with Crippen LogP contribution in [-0.4, -0.2) is 41.5 Å². The molecule has 0 spiro atoms. The molecule has 0 saturated heterocycles. The molecule has 1 aromatic carbocycles. The van der Waals surface area contributed by atoms with Crippen LogP contribution in [0, 0.1) is 0 Å². The van der Waals surface area contributed by atoms with Gasteiger partial charge >= 0.3 is 12.0 Å². The number of nitrogens with two attached hydrogens (primary N) is 1. The fourth-order valence-corrected chi connectivity index (χ4v) is 1.21. The molecule has 1 rings (SSSR count). The summed E-state index contributed by atoms with van der Waals surface area (Å²) in [7, 11) is 1.36. The number of hydrogen-bond donors (Lipinski definition) is 3. The number of carbonyl (C=O) groups excluding carboxylic acids is 2. The van der Waals surface area contributed by atoms with Crippen LogP contribution in [0.5, 0.6) is 0 Å². The van der Waals surface area contributed by atoms with Gasteiger partial charge in [0.15, 0.2) is 0 Å². The van der Waals surface area contributed by atoms with E-state index in [2.05, 4.69) is 5.32 Å². The van der Waals surface area contributed by atoms with Crippen molar-refractivity contribution in [2.45, 2.75) is 0 Å². The van der Waals surface area contributed by atoms with Crippen LogP contribution in [0.1, 0.15) is 10.4 Å². The van der Waals surface area contributed by atoms with E-state index in [4.69, 9.17) is 10.8 Å². The van der Waals surface area contributed by atoms with Crippen molar-refractivity contribution in [2.75, 3.05) is 18.9 Å². The van der Waals surface area contributed by atoms with Gasteiger partial charge in [-0.15, -0.1) is 0 Å². The third-order valence-corrected chi connectivity index (χ3v) is 2.14. The highest BCUT2D eigenvalue weighted by Crippen LogP contribution is 2.09. The van der Waals surface area contributed by atoms with E-state index in [0.29, 0.717) is 11.3 Å². The summed E-state index contributed by atoms with van der Waals surface area (Å²) in [4.78, 5) is 33.8. The van der Waals surface area contributed by atoms with Crippen molar-refractivity contribution >= 4 is 23.6 Å². The molecule has 0 fully saturated rings. The fourth-order valence-electron chi connectivity index (χ4n) is 1.21. The van der Waals surface area contributed by atoms with E-state index in [1.54, 1.807) is 0 Å². The van der Waals surface area contributed by atoms with E-state index in [9.17, 15) is 14.4 Å². The minimum absolute atomic E-state index is 0.326. The molecule has 0 aliphatic heterocycles. The summed E-state index contributed by atoms with van der Waals surface area (Å²) in [6.45, 7) is -0.398. The van der Waals surface area contributed by atoms with Crippen molar-refractivity contribution in [3.63, 3.8) is 0 Å². The van der Waals surface area contributed by atoms with E-state index < -0.39 is 24.5 Å². The maximum Gasteiger partial charge on any atom is 0.323 e. The number of amides is 3. The maximum absolute atomic E-state index is 11.5. The molecule has 4 N–H and O–H groups in total. The number of urea groups is 1. The molecule has 0 radical (unpaired) electrons. The molecule has 0 atom stereocenters. The lowest BCUT2D eigenvalue weighted by molar-refractivity contribution is -0.137. The predicted molar refractivity (Wildman–Crippen MR) is 64.2 cm³/mol. The first-order valence-electron chi connectivity index (χ1n) is 5.04. The van der Waals surface area contributed by atoms with Crippen molar-refractivity contribution in [3.8, 4) is 0 Å². The number of nitrogens with zero attached hydrogens (tertiary/aromatic N) is 1. The zero-order chi connectivity index (χ0) is 13.7. The summed E-state index contributed by atoms with van der Waals surface area (Å²) in [6.07, 6.45) is 0. The molecule has 0 saturated carbocycles. The Kier molecular flexibility index (Phi) is 4.25. The highest BCUT2D eigenvalue weighted by atomic mass is 16.4. The molecule has 1 aromatic rings. The van der Waals surface area contributed by atoms with Gasteiger partial charge in [-0.1, -0.05) is 0 Å². The Bertz CT molecular complexity index is 470. The quantitative estimate of drug-likeness (QED) is 0.715. The Balaban J connectivity index is 2.64. The van der Waals surface area contributed by atoms with Crippen LogP contribution in [0.4, 0.5) is 10.5 Å². The number of carbonyl (C=O) groups is 3. The number of rotatable bonds is 4. The van der Waals surface area contributed by atoms with Gasteiger partial charge in [0.2, 0.25) is 5.91 Å². The predicted octanol–water partition coefficient (Wildman–Crippen LogP) is 0.334. The summed E-state index contributed by atoms with van der Waals surface area (Å²) in [5.74, 6) is -1.66. The number of hydrogen-bond acceptors (Lipinski definition) is 3. The largest absolute Gasteiger partial charge is 0.480 e. The normalized spacial score (nSPS) is 9.61. The monoisotopic (exact) mass is 251 g/mol. The van der Waals surface area contributed by atoms with Crippen molar-refractivity contribution in [1.82, 2.24) is 4.90 Å². The lowest BCUT2D eigenvalue weighted by Gasteiger charge is -2.15. The zero-order valence-electron chi connectivity index (χ0n) is 9.71. The molecule has 0 heterocycles. The molecule has 0 aliphatic carbocycles. The van der Waals surface area contributed by atoms with Crippen molar-refractivity contribution in [2.24, 2.45) is 5.73 Å². The van der Waals surface area contributed by atoms with E-state index in [-0.39, 0.29) is 0 Å². The summed E-state index contributed by atoms with van der Waals surface area (Å²) >= 11 is 0. The molecular weight excluding hydrogens is 238 g/mol. The zero-order valence-corrected chi connectivity index (χ0v) is 9.71. The second-order valence-electron chi connectivity index (χ2n) is 3.62. The van der Waals surface area contributed by atoms with Crippen LogP contribution in [0.15, 0.2) is 24.3 Å².